The zero-order chi connectivity index (χ0) is 15.4. The molecule has 5 heteroatoms. The first-order valence-electron chi connectivity index (χ1n) is 7.81. The van der Waals surface area contributed by atoms with E-state index in [9.17, 15) is 0 Å². The predicted octanol–water partition coefficient (Wildman–Crippen LogP) is 4.14. The molecule has 1 saturated carbocycles. The number of hydrogen-bond donors (Lipinski definition) is 2. The number of aryl methyl sites for hydroxylation is 1. The van der Waals surface area contributed by atoms with Crippen LogP contribution < -0.4 is 10.6 Å². The maximum atomic E-state index is 4.31. The van der Waals surface area contributed by atoms with Crippen molar-refractivity contribution < 1.29 is 0 Å². The van der Waals surface area contributed by atoms with Gasteiger partial charge in [-0.05, 0) is 42.9 Å². The summed E-state index contributed by atoms with van der Waals surface area (Å²) in [5.74, 6) is 2.33. The Balaban J connectivity index is 0.00000192. The molecule has 0 aliphatic heterocycles. The van der Waals surface area contributed by atoms with Crippen LogP contribution in [0.4, 0.5) is 0 Å². The molecule has 1 fully saturated rings. The summed E-state index contributed by atoms with van der Waals surface area (Å²) in [4.78, 5) is 7.00. The predicted molar refractivity (Wildman–Crippen MR) is 110 cm³/mol. The summed E-state index contributed by atoms with van der Waals surface area (Å²) in [6.07, 6.45) is 1.28. The van der Waals surface area contributed by atoms with Crippen LogP contribution in [0.25, 0.3) is 0 Å². The third-order valence-corrected chi connectivity index (χ3v) is 5.13. The van der Waals surface area contributed by atoms with Gasteiger partial charge in [-0.25, -0.2) is 0 Å². The number of rotatable bonds is 5. The maximum absolute atomic E-state index is 4.31. The first-order valence-corrected chi connectivity index (χ1v) is 8.62. The van der Waals surface area contributed by atoms with Crippen molar-refractivity contribution in [3.05, 3.63) is 57.8 Å². The van der Waals surface area contributed by atoms with Gasteiger partial charge in [0.1, 0.15) is 0 Å². The monoisotopic (exact) mass is 441 g/mol. The summed E-state index contributed by atoms with van der Waals surface area (Å²) in [6, 6.07) is 15.1. The molecule has 23 heavy (non-hydrogen) atoms. The van der Waals surface area contributed by atoms with Crippen molar-refractivity contribution in [1.29, 1.82) is 0 Å². The molecule has 2 unspecified atom stereocenters. The molecule has 1 aromatic heterocycles. The summed E-state index contributed by atoms with van der Waals surface area (Å²) in [7, 11) is 1.83. The van der Waals surface area contributed by atoms with Crippen molar-refractivity contribution in [2.24, 2.45) is 10.9 Å². The Morgan fingerprint density at radius 3 is 2.61 bits per heavy atom. The number of thiophene rings is 1. The molecule has 0 bridgehead atoms. The van der Waals surface area contributed by atoms with E-state index in [1.54, 1.807) is 0 Å². The minimum absolute atomic E-state index is 0. The second-order valence-corrected chi connectivity index (χ2v) is 7.20. The molecule has 2 N–H and O–H groups in total. The van der Waals surface area contributed by atoms with E-state index in [1.165, 1.54) is 21.7 Å². The lowest BCUT2D eigenvalue weighted by Crippen LogP contribution is -2.37. The number of guanidine groups is 1. The Morgan fingerprint density at radius 1 is 1.17 bits per heavy atom. The maximum Gasteiger partial charge on any atom is 0.191 e. The van der Waals surface area contributed by atoms with Gasteiger partial charge in [-0.1, -0.05) is 30.3 Å². The molecule has 124 valence electrons. The summed E-state index contributed by atoms with van der Waals surface area (Å²) >= 11 is 1.83. The molecule has 1 aliphatic rings. The Labute approximate surface area is 159 Å². The van der Waals surface area contributed by atoms with Crippen LogP contribution in [0.2, 0.25) is 0 Å². The van der Waals surface area contributed by atoms with Crippen molar-refractivity contribution in [3.8, 4) is 0 Å². The highest BCUT2D eigenvalue weighted by atomic mass is 127. The Hall–Kier alpha value is -1.08. The van der Waals surface area contributed by atoms with E-state index in [4.69, 9.17) is 0 Å². The fourth-order valence-corrected chi connectivity index (χ4v) is 3.61. The van der Waals surface area contributed by atoms with Crippen molar-refractivity contribution >= 4 is 41.3 Å². The number of aliphatic imine (C=N–C) groups is 1. The molecule has 2 atom stereocenters. The number of benzene rings is 1. The lowest BCUT2D eigenvalue weighted by atomic mass is 10.1. The summed E-state index contributed by atoms with van der Waals surface area (Å²) in [5, 5.41) is 6.84. The van der Waals surface area contributed by atoms with Crippen molar-refractivity contribution in [1.82, 2.24) is 10.6 Å². The molecule has 0 spiro atoms. The van der Waals surface area contributed by atoms with Crippen molar-refractivity contribution in [3.63, 3.8) is 0 Å². The van der Waals surface area contributed by atoms with E-state index in [0.717, 1.165) is 25.0 Å². The van der Waals surface area contributed by atoms with E-state index in [1.807, 2.05) is 18.4 Å². The quantitative estimate of drug-likeness (QED) is 0.416. The van der Waals surface area contributed by atoms with E-state index >= 15 is 0 Å². The molecule has 0 radical (unpaired) electrons. The van der Waals surface area contributed by atoms with Crippen molar-refractivity contribution in [2.75, 3.05) is 13.6 Å². The van der Waals surface area contributed by atoms with Crippen LogP contribution in [0.3, 0.4) is 0 Å². The van der Waals surface area contributed by atoms with Crippen LogP contribution in [0.5, 0.6) is 0 Å². The molecule has 1 aliphatic carbocycles. The first-order chi connectivity index (χ1) is 10.8. The van der Waals surface area contributed by atoms with Crippen LogP contribution in [-0.2, 0) is 6.54 Å². The van der Waals surface area contributed by atoms with Gasteiger partial charge in [0.05, 0.1) is 6.54 Å². The van der Waals surface area contributed by atoms with Gasteiger partial charge in [0, 0.05) is 23.3 Å². The molecule has 2 aromatic rings. The molecular formula is C18H24IN3S. The molecule has 3 nitrogen and oxygen atoms in total. The van der Waals surface area contributed by atoms with Gasteiger partial charge in [-0.3, -0.25) is 4.99 Å². The Morgan fingerprint density at radius 2 is 1.96 bits per heavy atom. The highest BCUT2D eigenvalue weighted by Crippen LogP contribution is 2.46. The smallest absolute Gasteiger partial charge is 0.191 e. The highest BCUT2D eigenvalue weighted by Gasteiger charge is 2.37. The summed E-state index contributed by atoms with van der Waals surface area (Å²) in [6.45, 7) is 3.96. The summed E-state index contributed by atoms with van der Waals surface area (Å²) in [5.41, 5.74) is 1.46. The molecular weight excluding hydrogens is 417 g/mol. The fraction of sp³-hybridized carbons (Fsp3) is 0.389. The van der Waals surface area contributed by atoms with Gasteiger partial charge >= 0.3 is 0 Å². The average molecular weight is 441 g/mol. The van der Waals surface area contributed by atoms with Gasteiger partial charge in [-0.15, -0.1) is 35.3 Å². The normalized spacial score (nSPS) is 19.8. The van der Waals surface area contributed by atoms with E-state index in [0.29, 0.717) is 5.92 Å². The van der Waals surface area contributed by atoms with Crippen LogP contribution in [-0.4, -0.2) is 19.6 Å². The minimum Gasteiger partial charge on any atom is -0.356 e. The Kier molecular flexibility index (Phi) is 6.89. The second kappa shape index (κ2) is 8.68. The largest absolute Gasteiger partial charge is 0.356 e. The molecule has 1 aromatic carbocycles. The van der Waals surface area contributed by atoms with Crippen LogP contribution >= 0.6 is 35.3 Å². The zero-order valence-corrected chi connectivity index (χ0v) is 16.7. The standard InChI is InChI=1S/C18H23N3S.HI/c1-13-8-9-16(22-13)12-21-18(19-2)20-11-15-10-17(15)14-6-4-3-5-7-14;/h3-9,15,17H,10-12H2,1-2H3,(H2,19,20,21);1H. The SMILES string of the molecule is CN=C(NCc1ccc(C)s1)NCC1CC1c1ccccc1.I. The second-order valence-electron chi connectivity index (χ2n) is 5.83. The van der Waals surface area contributed by atoms with E-state index in [2.05, 4.69) is 65.0 Å². The summed E-state index contributed by atoms with van der Waals surface area (Å²) < 4.78 is 0. The highest BCUT2D eigenvalue weighted by molar-refractivity contribution is 14.0. The van der Waals surface area contributed by atoms with E-state index in [-0.39, 0.29) is 24.0 Å². The topological polar surface area (TPSA) is 36.4 Å². The van der Waals surface area contributed by atoms with E-state index < -0.39 is 0 Å². The van der Waals surface area contributed by atoms with Gasteiger partial charge in [0.2, 0.25) is 0 Å². The average Bonchev–Trinajstić information content (AvgIpc) is 3.21. The third-order valence-electron chi connectivity index (χ3n) is 4.13. The van der Waals surface area contributed by atoms with Crippen LogP contribution in [0, 0.1) is 12.8 Å². The third kappa shape index (κ3) is 5.21. The lowest BCUT2D eigenvalue weighted by Gasteiger charge is -2.11. The molecule has 0 saturated heterocycles. The number of nitrogens with one attached hydrogen (secondary N) is 2. The number of nitrogens with zero attached hydrogens (tertiary/aromatic N) is 1. The van der Waals surface area contributed by atoms with Gasteiger partial charge in [0.15, 0.2) is 5.96 Å². The molecule has 1 heterocycles. The van der Waals surface area contributed by atoms with Crippen molar-refractivity contribution in [2.45, 2.75) is 25.8 Å². The zero-order valence-electron chi connectivity index (χ0n) is 13.6. The van der Waals surface area contributed by atoms with Crippen LogP contribution in [0.1, 0.15) is 27.7 Å². The van der Waals surface area contributed by atoms with Crippen LogP contribution in [0.15, 0.2) is 47.5 Å². The minimum atomic E-state index is 0. The number of hydrogen-bond acceptors (Lipinski definition) is 2. The first kappa shape index (κ1) is 18.3. The molecule has 0 amide bonds. The van der Waals surface area contributed by atoms with Gasteiger partial charge in [0.25, 0.3) is 0 Å². The molecule has 3 rings (SSSR count). The van der Waals surface area contributed by atoms with Gasteiger partial charge < -0.3 is 10.6 Å². The lowest BCUT2D eigenvalue weighted by molar-refractivity contribution is 0.720. The number of halogens is 1. The fourth-order valence-electron chi connectivity index (χ4n) is 2.78. The Bertz CT molecular complexity index is 639. The van der Waals surface area contributed by atoms with Gasteiger partial charge in [-0.2, -0.15) is 0 Å².